The minimum absolute atomic E-state index is 0.0475. The molecule has 0 radical (unpaired) electrons. The largest absolute Gasteiger partial charge is 0.497 e. The molecule has 82 valence electrons. The first-order valence-electron chi connectivity index (χ1n) is 5.43. The molecule has 0 aromatic heterocycles. The summed E-state index contributed by atoms with van der Waals surface area (Å²) in [7, 11) is 1.69. The van der Waals surface area contributed by atoms with Gasteiger partial charge in [0.2, 0.25) is 0 Å². The van der Waals surface area contributed by atoms with Crippen LogP contribution in [0.5, 0.6) is 5.75 Å². The predicted octanol–water partition coefficient (Wildman–Crippen LogP) is 3.09. The molecule has 3 rings (SSSR count). The van der Waals surface area contributed by atoms with Gasteiger partial charge in [-0.05, 0) is 41.5 Å². The van der Waals surface area contributed by atoms with E-state index in [-0.39, 0.29) is 5.60 Å². The third kappa shape index (κ3) is 1.46. The first kappa shape index (κ1) is 9.67. The highest BCUT2D eigenvalue weighted by Crippen LogP contribution is 2.39. The van der Waals surface area contributed by atoms with Gasteiger partial charge < -0.3 is 9.47 Å². The van der Waals surface area contributed by atoms with Crippen LogP contribution in [0.1, 0.15) is 12.5 Å². The molecule has 2 heteroatoms. The Kier molecular flexibility index (Phi) is 1.95. The van der Waals surface area contributed by atoms with E-state index in [1.807, 2.05) is 6.07 Å². The zero-order valence-electron chi connectivity index (χ0n) is 9.49. The van der Waals surface area contributed by atoms with Gasteiger partial charge in [-0.1, -0.05) is 18.2 Å². The number of methoxy groups -OCH3 is 1. The molecule has 2 nitrogen and oxygen atoms in total. The highest BCUT2D eigenvalue weighted by molar-refractivity contribution is 5.84. The van der Waals surface area contributed by atoms with Crippen LogP contribution in [0.15, 0.2) is 36.4 Å². The van der Waals surface area contributed by atoms with Gasteiger partial charge in [0.05, 0.1) is 13.7 Å². The lowest BCUT2D eigenvalue weighted by atomic mass is 9.98. The lowest BCUT2D eigenvalue weighted by Gasteiger charge is -2.08. The minimum atomic E-state index is -0.0475. The molecule has 2 aromatic rings. The number of rotatable bonds is 2. The van der Waals surface area contributed by atoms with E-state index < -0.39 is 0 Å². The van der Waals surface area contributed by atoms with Crippen molar-refractivity contribution in [2.45, 2.75) is 12.5 Å². The Hall–Kier alpha value is -1.54. The average molecular weight is 214 g/mol. The second kappa shape index (κ2) is 3.22. The predicted molar refractivity (Wildman–Crippen MR) is 63.8 cm³/mol. The van der Waals surface area contributed by atoms with Crippen LogP contribution in [0, 0.1) is 0 Å². The van der Waals surface area contributed by atoms with E-state index in [2.05, 4.69) is 37.3 Å². The molecular formula is C14H14O2. The number of hydrogen-bond donors (Lipinski definition) is 0. The molecule has 0 saturated carbocycles. The van der Waals surface area contributed by atoms with Crippen molar-refractivity contribution in [3.8, 4) is 5.75 Å². The zero-order chi connectivity index (χ0) is 11.2. The smallest absolute Gasteiger partial charge is 0.119 e. The van der Waals surface area contributed by atoms with Crippen LogP contribution in [0.4, 0.5) is 0 Å². The molecular weight excluding hydrogens is 200 g/mol. The van der Waals surface area contributed by atoms with Crippen molar-refractivity contribution >= 4 is 10.8 Å². The SMILES string of the molecule is COc1ccc2cc([C@@]3(C)CO3)ccc2c1. The van der Waals surface area contributed by atoms with Gasteiger partial charge in [-0.25, -0.2) is 0 Å². The van der Waals surface area contributed by atoms with Crippen LogP contribution in [0.2, 0.25) is 0 Å². The Morgan fingerprint density at radius 1 is 1.12 bits per heavy atom. The molecule has 2 aromatic carbocycles. The summed E-state index contributed by atoms with van der Waals surface area (Å²) in [6.45, 7) is 2.95. The summed E-state index contributed by atoms with van der Waals surface area (Å²) < 4.78 is 10.7. The summed E-state index contributed by atoms with van der Waals surface area (Å²) in [5.74, 6) is 0.897. The first-order valence-corrected chi connectivity index (χ1v) is 5.43. The average Bonchev–Trinajstić information content (AvgIpc) is 3.07. The van der Waals surface area contributed by atoms with Gasteiger partial charge in [0, 0.05) is 0 Å². The van der Waals surface area contributed by atoms with Crippen molar-refractivity contribution in [2.24, 2.45) is 0 Å². The van der Waals surface area contributed by atoms with Gasteiger partial charge >= 0.3 is 0 Å². The maximum absolute atomic E-state index is 5.45. The Morgan fingerprint density at radius 3 is 2.50 bits per heavy atom. The Bertz CT molecular complexity index is 541. The second-order valence-corrected chi connectivity index (χ2v) is 4.45. The molecule has 0 bridgehead atoms. The lowest BCUT2D eigenvalue weighted by molar-refractivity contribution is 0.330. The van der Waals surface area contributed by atoms with Gasteiger partial charge in [0.1, 0.15) is 11.4 Å². The second-order valence-electron chi connectivity index (χ2n) is 4.45. The van der Waals surface area contributed by atoms with E-state index in [1.54, 1.807) is 7.11 Å². The minimum Gasteiger partial charge on any atom is -0.497 e. The lowest BCUT2D eigenvalue weighted by Crippen LogP contribution is -2.01. The van der Waals surface area contributed by atoms with Crippen LogP contribution in [-0.4, -0.2) is 13.7 Å². The van der Waals surface area contributed by atoms with E-state index in [1.165, 1.54) is 16.3 Å². The van der Waals surface area contributed by atoms with E-state index >= 15 is 0 Å². The van der Waals surface area contributed by atoms with Crippen LogP contribution in [0.3, 0.4) is 0 Å². The Morgan fingerprint density at radius 2 is 1.81 bits per heavy atom. The number of hydrogen-bond acceptors (Lipinski definition) is 2. The van der Waals surface area contributed by atoms with E-state index in [9.17, 15) is 0 Å². The summed E-state index contributed by atoms with van der Waals surface area (Å²) in [5.41, 5.74) is 1.21. The van der Waals surface area contributed by atoms with Gasteiger partial charge in [-0.15, -0.1) is 0 Å². The molecule has 1 heterocycles. The van der Waals surface area contributed by atoms with Gasteiger partial charge in [0.25, 0.3) is 0 Å². The van der Waals surface area contributed by atoms with Crippen molar-refractivity contribution < 1.29 is 9.47 Å². The zero-order valence-corrected chi connectivity index (χ0v) is 9.49. The maximum Gasteiger partial charge on any atom is 0.119 e. The normalized spacial score (nSPS) is 23.4. The third-order valence-electron chi connectivity index (χ3n) is 3.24. The molecule has 1 aliphatic rings. The topological polar surface area (TPSA) is 21.8 Å². The summed E-state index contributed by atoms with van der Waals surface area (Å²) in [5, 5.41) is 2.43. The van der Waals surface area contributed by atoms with Gasteiger partial charge in [0.15, 0.2) is 0 Å². The van der Waals surface area contributed by atoms with Crippen molar-refractivity contribution in [2.75, 3.05) is 13.7 Å². The Balaban J connectivity index is 2.12. The quantitative estimate of drug-likeness (QED) is 0.716. The molecule has 0 N–H and O–H groups in total. The van der Waals surface area contributed by atoms with E-state index in [0.717, 1.165) is 12.4 Å². The molecule has 0 spiro atoms. The summed E-state index contributed by atoms with van der Waals surface area (Å²) in [4.78, 5) is 0. The molecule has 0 amide bonds. The first-order chi connectivity index (χ1) is 7.71. The number of benzene rings is 2. The van der Waals surface area contributed by atoms with E-state index in [0.29, 0.717) is 0 Å². The molecule has 0 unspecified atom stereocenters. The summed E-state index contributed by atoms with van der Waals surface area (Å²) in [6, 6.07) is 12.6. The number of ether oxygens (including phenoxy) is 2. The Labute approximate surface area is 94.8 Å². The molecule has 1 fully saturated rings. The molecule has 1 aliphatic heterocycles. The molecule has 0 aliphatic carbocycles. The fourth-order valence-corrected chi connectivity index (χ4v) is 1.95. The monoisotopic (exact) mass is 214 g/mol. The highest BCUT2D eigenvalue weighted by atomic mass is 16.6. The summed E-state index contributed by atoms with van der Waals surface area (Å²) in [6.07, 6.45) is 0. The van der Waals surface area contributed by atoms with Crippen molar-refractivity contribution in [3.05, 3.63) is 42.0 Å². The van der Waals surface area contributed by atoms with Crippen molar-refractivity contribution in [1.29, 1.82) is 0 Å². The number of epoxide rings is 1. The van der Waals surface area contributed by atoms with Crippen LogP contribution < -0.4 is 4.74 Å². The maximum atomic E-state index is 5.45. The molecule has 16 heavy (non-hydrogen) atoms. The number of fused-ring (bicyclic) bond motifs is 1. The molecule has 1 atom stereocenters. The fraction of sp³-hybridized carbons (Fsp3) is 0.286. The van der Waals surface area contributed by atoms with Crippen LogP contribution in [-0.2, 0) is 10.3 Å². The standard InChI is InChI=1S/C14H14O2/c1-14(9-16-14)12-5-3-11-8-13(15-2)6-4-10(11)7-12/h3-8H,9H2,1-2H3/t14-/m1/s1. The van der Waals surface area contributed by atoms with Crippen LogP contribution in [0.25, 0.3) is 10.8 Å². The third-order valence-corrected chi connectivity index (χ3v) is 3.24. The fourth-order valence-electron chi connectivity index (χ4n) is 1.95. The van der Waals surface area contributed by atoms with E-state index in [4.69, 9.17) is 9.47 Å². The van der Waals surface area contributed by atoms with Crippen LogP contribution >= 0.6 is 0 Å². The van der Waals surface area contributed by atoms with Crippen molar-refractivity contribution in [1.82, 2.24) is 0 Å². The van der Waals surface area contributed by atoms with Gasteiger partial charge in [-0.2, -0.15) is 0 Å². The van der Waals surface area contributed by atoms with Crippen molar-refractivity contribution in [3.63, 3.8) is 0 Å². The highest BCUT2D eigenvalue weighted by Gasteiger charge is 2.41. The summed E-state index contributed by atoms with van der Waals surface area (Å²) >= 11 is 0. The van der Waals surface area contributed by atoms with Gasteiger partial charge in [-0.3, -0.25) is 0 Å². The molecule has 1 saturated heterocycles.